The van der Waals surface area contributed by atoms with Gasteiger partial charge in [0.1, 0.15) is 0 Å². The average Bonchev–Trinajstić information content (AvgIpc) is 2.31. The maximum absolute atomic E-state index is 5.39. The number of hydrogen-bond donors (Lipinski definition) is 1. The Morgan fingerprint density at radius 1 is 1.25 bits per heavy atom. The predicted octanol–water partition coefficient (Wildman–Crippen LogP) is 1.52. The first-order valence-electron chi connectivity index (χ1n) is 6.34. The van der Waals surface area contributed by atoms with Crippen LogP contribution in [0.3, 0.4) is 0 Å². The van der Waals surface area contributed by atoms with Crippen LogP contribution < -0.4 is 5.32 Å². The van der Waals surface area contributed by atoms with Gasteiger partial charge in [-0.15, -0.1) is 12.4 Å². The van der Waals surface area contributed by atoms with Gasteiger partial charge in [0.05, 0.1) is 6.10 Å². The zero-order valence-electron chi connectivity index (χ0n) is 10.3. The molecular formula is C12H25ClN2O. The van der Waals surface area contributed by atoms with Gasteiger partial charge < -0.3 is 15.0 Å². The van der Waals surface area contributed by atoms with Gasteiger partial charge in [0.25, 0.3) is 0 Å². The zero-order chi connectivity index (χ0) is 10.5. The topological polar surface area (TPSA) is 24.5 Å². The number of piperidine rings is 2. The molecule has 0 saturated carbocycles. The lowest BCUT2D eigenvalue weighted by Gasteiger charge is -2.34. The lowest BCUT2D eigenvalue weighted by atomic mass is 9.97. The largest absolute Gasteiger partial charge is 0.381 e. The van der Waals surface area contributed by atoms with E-state index in [1.807, 2.05) is 7.11 Å². The van der Waals surface area contributed by atoms with Crippen molar-refractivity contribution in [1.82, 2.24) is 10.2 Å². The fourth-order valence-electron chi connectivity index (χ4n) is 2.77. The number of hydrogen-bond acceptors (Lipinski definition) is 3. The summed E-state index contributed by atoms with van der Waals surface area (Å²) < 4.78 is 5.39. The number of likely N-dealkylation sites (tertiary alicyclic amines) is 1. The summed E-state index contributed by atoms with van der Waals surface area (Å²) >= 11 is 0. The molecule has 2 aliphatic heterocycles. The highest BCUT2D eigenvalue weighted by molar-refractivity contribution is 5.85. The number of ether oxygens (including phenoxy) is 1. The zero-order valence-corrected chi connectivity index (χ0v) is 11.1. The third-order valence-electron chi connectivity index (χ3n) is 3.78. The highest BCUT2D eigenvalue weighted by Gasteiger charge is 2.22. The van der Waals surface area contributed by atoms with E-state index in [2.05, 4.69) is 10.2 Å². The van der Waals surface area contributed by atoms with Crippen LogP contribution in [0, 0.1) is 5.92 Å². The highest BCUT2D eigenvalue weighted by atomic mass is 35.5. The molecule has 1 unspecified atom stereocenters. The molecule has 0 aromatic heterocycles. The fourth-order valence-corrected chi connectivity index (χ4v) is 2.77. The first kappa shape index (κ1) is 14.2. The smallest absolute Gasteiger partial charge is 0.0595 e. The Kier molecular flexibility index (Phi) is 6.66. The highest BCUT2D eigenvalue weighted by Crippen LogP contribution is 2.17. The Bertz CT molecular complexity index is 178. The van der Waals surface area contributed by atoms with Gasteiger partial charge in [-0.05, 0) is 44.7 Å². The molecular weight excluding hydrogens is 224 g/mol. The lowest BCUT2D eigenvalue weighted by Crippen LogP contribution is -2.43. The third-order valence-corrected chi connectivity index (χ3v) is 3.78. The quantitative estimate of drug-likeness (QED) is 0.820. The van der Waals surface area contributed by atoms with Crippen molar-refractivity contribution in [3.05, 3.63) is 0 Å². The van der Waals surface area contributed by atoms with E-state index in [0.29, 0.717) is 6.10 Å². The van der Waals surface area contributed by atoms with Gasteiger partial charge in [-0.2, -0.15) is 0 Å². The van der Waals surface area contributed by atoms with Gasteiger partial charge in [0.15, 0.2) is 0 Å². The summed E-state index contributed by atoms with van der Waals surface area (Å²) in [5.74, 6) is 0.887. The maximum Gasteiger partial charge on any atom is 0.0595 e. The first-order chi connectivity index (χ1) is 7.38. The lowest BCUT2D eigenvalue weighted by molar-refractivity contribution is 0.0353. The average molecular weight is 249 g/mol. The molecule has 0 spiro atoms. The van der Waals surface area contributed by atoms with Crippen LogP contribution in [0.15, 0.2) is 0 Å². The van der Waals surface area contributed by atoms with Crippen LogP contribution in [0.2, 0.25) is 0 Å². The summed E-state index contributed by atoms with van der Waals surface area (Å²) in [6.07, 6.45) is 5.73. The van der Waals surface area contributed by atoms with E-state index in [1.165, 1.54) is 58.4 Å². The maximum atomic E-state index is 5.39. The van der Waals surface area contributed by atoms with Crippen molar-refractivity contribution in [2.75, 3.05) is 39.8 Å². The molecule has 0 amide bonds. The van der Waals surface area contributed by atoms with E-state index in [1.54, 1.807) is 0 Å². The standard InChI is InChI=1S/C12H24N2O.ClH/c1-15-12-4-7-14(8-5-12)10-11-3-2-6-13-9-11;/h11-13H,2-10H2,1H3;1H. The molecule has 2 fully saturated rings. The van der Waals surface area contributed by atoms with Crippen LogP contribution in [0.5, 0.6) is 0 Å². The van der Waals surface area contributed by atoms with Gasteiger partial charge in [0, 0.05) is 26.7 Å². The number of rotatable bonds is 3. The monoisotopic (exact) mass is 248 g/mol. The van der Waals surface area contributed by atoms with Crippen molar-refractivity contribution in [3.63, 3.8) is 0 Å². The Morgan fingerprint density at radius 2 is 2.00 bits per heavy atom. The summed E-state index contributed by atoms with van der Waals surface area (Å²) in [7, 11) is 1.84. The van der Waals surface area contributed by atoms with Crippen LogP contribution in [0.25, 0.3) is 0 Å². The van der Waals surface area contributed by atoms with E-state index >= 15 is 0 Å². The van der Waals surface area contributed by atoms with Gasteiger partial charge in [0.2, 0.25) is 0 Å². The second-order valence-corrected chi connectivity index (χ2v) is 4.95. The molecule has 3 nitrogen and oxygen atoms in total. The molecule has 96 valence electrons. The molecule has 0 bridgehead atoms. The Balaban J connectivity index is 0.00000128. The van der Waals surface area contributed by atoms with Crippen molar-refractivity contribution < 1.29 is 4.74 Å². The molecule has 2 aliphatic rings. The molecule has 0 radical (unpaired) electrons. The van der Waals surface area contributed by atoms with Crippen molar-refractivity contribution in [1.29, 1.82) is 0 Å². The summed E-state index contributed by atoms with van der Waals surface area (Å²) in [5, 5.41) is 3.49. The van der Waals surface area contributed by atoms with Crippen molar-refractivity contribution in [2.45, 2.75) is 31.8 Å². The third kappa shape index (κ3) is 4.21. The van der Waals surface area contributed by atoms with Crippen LogP contribution in [-0.2, 0) is 4.74 Å². The molecule has 0 aliphatic carbocycles. The molecule has 0 aromatic rings. The Morgan fingerprint density at radius 3 is 2.56 bits per heavy atom. The van der Waals surface area contributed by atoms with Crippen LogP contribution >= 0.6 is 12.4 Å². The van der Waals surface area contributed by atoms with Gasteiger partial charge in [-0.3, -0.25) is 0 Å². The molecule has 2 rings (SSSR count). The number of nitrogens with zero attached hydrogens (tertiary/aromatic N) is 1. The summed E-state index contributed by atoms with van der Waals surface area (Å²) in [6.45, 7) is 6.21. The number of halogens is 1. The Labute approximate surface area is 105 Å². The molecule has 1 N–H and O–H groups in total. The van der Waals surface area contributed by atoms with E-state index < -0.39 is 0 Å². The van der Waals surface area contributed by atoms with Gasteiger partial charge in [-0.1, -0.05) is 0 Å². The van der Waals surface area contributed by atoms with Gasteiger partial charge >= 0.3 is 0 Å². The summed E-state index contributed by atoms with van der Waals surface area (Å²) in [5.41, 5.74) is 0. The van der Waals surface area contributed by atoms with Crippen molar-refractivity contribution >= 4 is 12.4 Å². The van der Waals surface area contributed by atoms with Gasteiger partial charge in [-0.25, -0.2) is 0 Å². The summed E-state index contributed by atoms with van der Waals surface area (Å²) in [6, 6.07) is 0. The SMILES string of the molecule is COC1CCN(CC2CCCNC2)CC1.Cl. The molecule has 2 saturated heterocycles. The van der Waals surface area contributed by atoms with Crippen LogP contribution in [0.1, 0.15) is 25.7 Å². The van der Waals surface area contributed by atoms with E-state index in [4.69, 9.17) is 4.74 Å². The normalized spacial score (nSPS) is 28.7. The molecule has 2 heterocycles. The summed E-state index contributed by atoms with van der Waals surface area (Å²) in [4.78, 5) is 2.62. The molecule has 1 atom stereocenters. The second kappa shape index (κ2) is 7.49. The van der Waals surface area contributed by atoms with Crippen LogP contribution in [-0.4, -0.2) is 50.8 Å². The predicted molar refractivity (Wildman–Crippen MR) is 69.3 cm³/mol. The molecule has 16 heavy (non-hydrogen) atoms. The second-order valence-electron chi connectivity index (χ2n) is 4.95. The fraction of sp³-hybridized carbons (Fsp3) is 1.00. The van der Waals surface area contributed by atoms with Crippen molar-refractivity contribution in [3.8, 4) is 0 Å². The molecule has 0 aromatic carbocycles. The minimum Gasteiger partial charge on any atom is -0.381 e. The molecule has 4 heteroatoms. The minimum absolute atomic E-state index is 0. The number of methoxy groups -OCH3 is 1. The minimum atomic E-state index is 0. The first-order valence-corrected chi connectivity index (χ1v) is 6.34. The van der Waals surface area contributed by atoms with Crippen molar-refractivity contribution in [2.24, 2.45) is 5.92 Å². The van der Waals surface area contributed by atoms with E-state index in [-0.39, 0.29) is 12.4 Å². The van der Waals surface area contributed by atoms with E-state index in [0.717, 1.165) is 5.92 Å². The Hall–Kier alpha value is 0.170. The van der Waals surface area contributed by atoms with E-state index in [9.17, 15) is 0 Å². The van der Waals surface area contributed by atoms with Crippen LogP contribution in [0.4, 0.5) is 0 Å². The number of nitrogens with one attached hydrogen (secondary N) is 1.